The van der Waals surface area contributed by atoms with Gasteiger partial charge in [-0.25, -0.2) is 8.42 Å². The number of hydrogen-bond acceptors (Lipinski definition) is 4. The van der Waals surface area contributed by atoms with Crippen LogP contribution in [0.15, 0.2) is 24.3 Å². The van der Waals surface area contributed by atoms with Gasteiger partial charge in [-0.3, -0.25) is 4.72 Å². The van der Waals surface area contributed by atoms with Crippen LogP contribution in [0.3, 0.4) is 0 Å². The van der Waals surface area contributed by atoms with E-state index in [4.69, 9.17) is 4.74 Å². The molecule has 0 unspecified atom stereocenters. The smallest absolute Gasteiger partial charge is 0.232 e. The van der Waals surface area contributed by atoms with Crippen LogP contribution in [0.1, 0.15) is 12.0 Å². The molecule has 18 heavy (non-hydrogen) atoms. The van der Waals surface area contributed by atoms with Crippen molar-refractivity contribution in [2.24, 2.45) is 0 Å². The fraction of sp³-hybridized carbons (Fsp3) is 0.500. The fourth-order valence-corrected chi connectivity index (χ4v) is 2.72. The van der Waals surface area contributed by atoms with Gasteiger partial charge in [-0.2, -0.15) is 0 Å². The molecule has 1 rings (SSSR count). The fourth-order valence-electron chi connectivity index (χ4n) is 1.56. The van der Waals surface area contributed by atoms with Crippen molar-refractivity contribution in [2.45, 2.75) is 13.0 Å². The molecule has 6 heteroatoms. The lowest BCUT2D eigenvalue weighted by atomic mass is 10.2. The maximum absolute atomic E-state index is 11.9. The Bertz CT molecular complexity index is 460. The summed E-state index contributed by atoms with van der Waals surface area (Å²) in [6.45, 7) is 1.07. The Morgan fingerprint density at radius 2 is 2.00 bits per heavy atom. The van der Waals surface area contributed by atoms with Gasteiger partial charge in [0.1, 0.15) is 0 Å². The molecule has 0 atom stereocenters. The van der Waals surface area contributed by atoms with E-state index in [-0.39, 0.29) is 5.75 Å². The summed E-state index contributed by atoms with van der Waals surface area (Å²) in [4.78, 5) is 0. The Labute approximate surface area is 109 Å². The largest absolute Gasteiger partial charge is 0.380 e. The predicted octanol–water partition coefficient (Wildman–Crippen LogP) is 1.18. The molecule has 1 aromatic rings. The van der Waals surface area contributed by atoms with Crippen LogP contribution in [-0.2, 0) is 21.4 Å². The molecule has 0 radical (unpaired) electrons. The molecule has 5 nitrogen and oxygen atoms in total. The highest BCUT2D eigenvalue weighted by atomic mass is 32.2. The molecule has 2 N–H and O–H groups in total. The van der Waals surface area contributed by atoms with Gasteiger partial charge >= 0.3 is 0 Å². The number of sulfonamides is 1. The summed E-state index contributed by atoms with van der Waals surface area (Å²) >= 11 is 0. The van der Waals surface area contributed by atoms with Crippen LogP contribution in [0.4, 0.5) is 5.69 Å². The molecule has 0 aliphatic heterocycles. The molecular weight excluding hydrogens is 252 g/mol. The van der Waals surface area contributed by atoms with Gasteiger partial charge < -0.3 is 10.1 Å². The zero-order valence-corrected chi connectivity index (χ0v) is 11.6. The number of benzene rings is 1. The van der Waals surface area contributed by atoms with E-state index < -0.39 is 10.0 Å². The second kappa shape index (κ2) is 7.35. The molecule has 102 valence electrons. The van der Waals surface area contributed by atoms with Gasteiger partial charge in [0, 0.05) is 12.7 Å². The molecule has 0 bridgehead atoms. The van der Waals surface area contributed by atoms with Crippen molar-refractivity contribution in [1.29, 1.82) is 0 Å². The average Bonchev–Trinajstić information content (AvgIpc) is 2.32. The zero-order valence-electron chi connectivity index (χ0n) is 10.8. The quantitative estimate of drug-likeness (QED) is 0.697. The first-order valence-electron chi connectivity index (χ1n) is 5.81. The van der Waals surface area contributed by atoms with Gasteiger partial charge in [0.25, 0.3) is 0 Å². The van der Waals surface area contributed by atoms with Gasteiger partial charge in [-0.05, 0) is 26.1 Å². The summed E-state index contributed by atoms with van der Waals surface area (Å²) in [6, 6.07) is 7.23. The van der Waals surface area contributed by atoms with Crippen molar-refractivity contribution < 1.29 is 13.2 Å². The van der Waals surface area contributed by atoms with Crippen LogP contribution in [-0.4, -0.2) is 34.9 Å². The molecule has 0 spiro atoms. The number of para-hydroxylation sites is 1. The highest BCUT2D eigenvalue weighted by Crippen LogP contribution is 2.17. The molecule has 0 amide bonds. The summed E-state index contributed by atoms with van der Waals surface area (Å²) in [5, 5.41) is 2.92. The van der Waals surface area contributed by atoms with Crippen LogP contribution < -0.4 is 10.0 Å². The van der Waals surface area contributed by atoms with E-state index in [1.165, 1.54) is 0 Å². The Kier molecular flexibility index (Phi) is 6.11. The third-order valence-corrected chi connectivity index (χ3v) is 3.78. The predicted molar refractivity (Wildman–Crippen MR) is 73.1 cm³/mol. The number of nitrogens with one attached hydrogen (secondary N) is 2. The van der Waals surface area contributed by atoms with Crippen LogP contribution >= 0.6 is 0 Å². The van der Waals surface area contributed by atoms with E-state index in [1.807, 2.05) is 12.1 Å². The second-order valence-electron chi connectivity index (χ2n) is 3.97. The first kappa shape index (κ1) is 14.9. The standard InChI is InChI=1S/C12H20N2O3S/c1-13-8-5-9-18(15,16)14-12-7-4-3-6-11(12)10-17-2/h3-4,6-7,13-14H,5,8-10H2,1-2H3. The van der Waals surface area contributed by atoms with Crippen LogP contribution in [0, 0.1) is 0 Å². The highest BCUT2D eigenvalue weighted by Gasteiger charge is 2.12. The SMILES string of the molecule is CNCCCS(=O)(=O)Nc1ccccc1COC. The minimum atomic E-state index is -3.29. The van der Waals surface area contributed by atoms with Gasteiger partial charge in [0.2, 0.25) is 10.0 Å². The lowest BCUT2D eigenvalue weighted by Gasteiger charge is -2.12. The molecular formula is C12H20N2O3S. The summed E-state index contributed by atoms with van der Waals surface area (Å²) in [5.41, 5.74) is 1.42. The monoisotopic (exact) mass is 272 g/mol. The number of methoxy groups -OCH3 is 1. The zero-order chi connectivity index (χ0) is 13.4. The van der Waals surface area contributed by atoms with Crippen LogP contribution in [0.25, 0.3) is 0 Å². The van der Waals surface area contributed by atoms with Gasteiger partial charge in [-0.1, -0.05) is 18.2 Å². The van der Waals surface area contributed by atoms with E-state index in [9.17, 15) is 8.42 Å². The van der Waals surface area contributed by atoms with Gasteiger partial charge in [0.05, 0.1) is 18.0 Å². The third kappa shape index (κ3) is 5.03. The Morgan fingerprint density at radius 3 is 2.67 bits per heavy atom. The van der Waals surface area contributed by atoms with Crippen molar-refractivity contribution in [1.82, 2.24) is 5.32 Å². The van der Waals surface area contributed by atoms with Crippen molar-refractivity contribution in [3.63, 3.8) is 0 Å². The number of hydrogen-bond donors (Lipinski definition) is 2. The summed E-state index contributed by atoms with van der Waals surface area (Å²) in [5.74, 6) is 0.106. The van der Waals surface area contributed by atoms with Crippen LogP contribution in [0.2, 0.25) is 0 Å². The maximum Gasteiger partial charge on any atom is 0.232 e. The number of ether oxygens (including phenoxy) is 1. The molecule has 0 aliphatic rings. The minimum Gasteiger partial charge on any atom is -0.380 e. The topological polar surface area (TPSA) is 67.4 Å². The first-order chi connectivity index (χ1) is 8.59. The molecule has 0 heterocycles. The Balaban J connectivity index is 2.71. The molecule has 0 aliphatic carbocycles. The lowest BCUT2D eigenvalue weighted by molar-refractivity contribution is 0.185. The summed E-state index contributed by atoms with van der Waals surface area (Å²) in [7, 11) is 0.0878. The second-order valence-corrected chi connectivity index (χ2v) is 5.81. The molecule has 0 aromatic heterocycles. The minimum absolute atomic E-state index is 0.106. The first-order valence-corrected chi connectivity index (χ1v) is 7.46. The van der Waals surface area contributed by atoms with E-state index in [1.54, 1.807) is 26.3 Å². The van der Waals surface area contributed by atoms with Crippen LogP contribution in [0.5, 0.6) is 0 Å². The lowest BCUT2D eigenvalue weighted by Crippen LogP contribution is -2.20. The van der Waals surface area contributed by atoms with E-state index in [0.29, 0.717) is 25.3 Å². The van der Waals surface area contributed by atoms with Gasteiger partial charge in [0.15, 0.2) is 0 Å². The van der Waals surface area contributed by atoms with Crippen molar-refractivity contribution in [3.05, 3.63) is 29.8 Å². The highest BCUT2D eigenvalue weighted by molar-refractivity contribution is 7.92. The van der Waals surface area contributed by atoms with Gasteiger partial charge in [-0.15, -0.1) is 0 Å². The summed E-state index contributed by atoms with van der Waals surface area (Å²) < 4.78 is 31.3. The van der Waals surface area contributed by atoms with Crippen molar-refractivity contribution in [2.75, 3.05) is 31.2 Å². The van der Waals surface area contributed by atoms with Crippen molar-refractivity contribution >= 4 is 15.7 Å². The molecule has 0 saturated carbocycles. The van der Waals surface area contributed by atoms with Crippen molar-refractivity contribution in [3.8, 4) is 0 Å². The molecule has 0 saturated heterocycles. The summed E-state index contributed by atoms with van der Waals surface area (Å²) in [6.07, 6.45) is 0.582. The molecule has 1 aromatic carbocycles. The van der Waals surface area contributed by atoms with E-state index in [2.05, 4.69) is 10.0 Å². The maximum atomic E-state index is 11.9. The average molecular weight is 272 g/mol. The van der Waals surface area contributed by atoms with E-state index >= 15 is 0 Å². The van der Waals surface area contributed by atoms with E-state index in [0.717, 1.165) is 5.56 Å². The Morgan fingerprint density at radius 1 is 1.28 bits per heavy atom. The number of anilines is 1. The number of rotatable bonds is 8. The third-order valence-electron chi connectivity index (χ3n) is 2.42. The Hall–Kier alpha value is -1.11. The normalized spacial score (nSPS) is 11.4. The molecule has 0 fully saturated rings.